The normalized spacial score (nSPS) is 12.3. The van der Waals surface area contributed by atoms with Gasteiger partial charge in [-0.1, -0.05) is 29.3 Å². The fraction of sp³-hybridized carbons (Fsp3) is 0.250. The molecule has 0 amide bonds. The van der Waals surface area contributed by atoms with Crippen LogP contribution in [0.25, 0.3) is 0 Å². The van der Waals surface area contributed by atoms with Gasteiger partial charge in [-0.25, -0.2) is 4.39 Å². The van der Waals surface area contributed by atoms with Gasteiger partial charge in [-0.2, -0.15) is 0 Å². The molecule has 21 heavy (non-hydrogen) atoms. The SMILES string of the molecule is CNC(c1ccc(F)cc1C)c1cc(Cl)c(OC)cc1Cl. The summed E-state index contributed by atoms with van der Waals surface area (Å²) in [5.41, 5.74) is 2.61. The Morgan fingerprint density at radius 2 is 1.81 bits per heavy atom. The van der Waals surface area contributed by atoms with Crippen LogP contribution in [0, 0.1) is 12.7 Å². The van der Waals surface area contributed by atoms with Crippen LogP contribution in [0.15, 0.2) is 30.3 Å². The summed E-state index contributed by atoms with van der Waals surface area (Å²) in [7, 11) is 3.36. The molecule has 2 nitrogen and oxygen atoms in total. The van der Waals surface area contributed by atoms with Gasteiger partial charge in [0.2, 0.25) is 0 Å². The molecule has 0 fully saturated rings. The molecule has 0 heterocycles. The predicted octanol–water partition coefficient (Wildman–Crippen LogP) is 4.76. The number of rotatable bonds is 4. The first kappa shape index (κ1) is 16.1. The standard InChI is InChI=1S/C16H16Cl2FNO/c1-9-6-10(19)4-5-11(9)16(20-2)12-7-14(18)15(21-3)8-13(12)17/h4-8,16,20H,1-3H3. The van der Waals surface area contributed by atoms with Crippen molar-refractivity contribution in [3.8, 4) is 5.75 Å². The maximum absolute atomic E-state index is 13.3. The lowest BCUT2D eigenvalue weighted by Gasteiger charge is -2.21. The average molecular weight is 328 g/mol. The van der Waals surface area contributed by atoms with Crippen LogP contribution in [0.4, 0.5) is 4.39 Å². The molecule has 0 aliphatic carbocycles. The molecule has 2 aromatic rings. The zero-order valence-electron chi connectivity index (χ0n) is 12.0. The molecule has 0 aliphatic rings. The van der Waals surface area contributed by atoms with Crippen LogP contribution in [0.1, 0.15) is 22.7 Å². The molecule has 2 rings (SSSR count). The summed E-state index contributed by atoms with van der Waals surface area (Å²) < 4.78 is 18.4. The van der Waals surface area contributed by atoms with E-state index in [2.05, 4.69) is 5.32 Å². The highest BCUT2D eigenvalue weighted by Gasteiger charge is 2.19. The molecule has 0 saturated heterocycles. The van der Waals surface area contributed by atoms with E-state index in [1.807, 2.05) is 14.0 Å². The fourth-order valence-electron chi connectivity index (χ4n) is 2.36. The minimum absolute atomic E-state index is 0.179. The molecule has 0 bridgehead atoms. The highest BCUT2D eigenvalue weighted by atomic mass is 35.5. The van der Waals surface area contributed by atoms with E-state index >= 15 is 0 Å². The Labute approximate surface area is 133 Å². The second-order valence-corrected chi connectivity index (χ2v) is 5.55. The monoisotopic (exact) mass is 327 g/mol. The molecule has 0 saturated carbocycles. The van der Waals surface area contributed by atoms with Gasteiger partial charge in [-0.3, -0.25) is 0 Å². The van der Waals surface area contributed by atoms with Gasteiger partial charge in [-0.15, -0.1) is 0 Å². The van der Waals surface area contributed by atoms with Crippen LogP contribution in [-0.2, 0) is 0 Å². The van der Waals surface area contributed by atoms with Gasteiger partial charge in [0.1, 0.15) is 11.6 Å². The van der Waals surface area contributed by atoms with Crippen molar-refractivity contribution >= 4 is 23.2 Å². The van der Waals surface area contributed by atoms with Gasteiger partial charge in [0.05, 0.1) is 18.2 Å². The highest BCUT2D eigenvalue weighted by Crippen LogP contribution is 2.36. The summed E-state index contributed by atoms with van der Waals surface area (Å²) in [6, 6.07) is 7.96. The van der Waals surface area contributed by atoms with Gasteiger partial charge < -0.3 is 10.1 Å². The first-order valence-corrected chi connectivity index (χ1v) is 7.19. The number of aryl methyl sites for hydroxylation is 1. The first-order valence-electron chi connectivity index (χ1n) is 6.44. The third-order valence-electron chi connectivity index (χ3n) is 3.41. The van der Waals surface area contributed by atoms with Crippen molar-refractivity contribution in [1.82, 2.24) is 5.32 Å². The lowest BCUT2D eigenvalue weighted by atomic mass is 9.95. The first-order chi connectivity index (χ1) is 9.97. The average Bonchev–Trinajstić information content (AvgIpc) is 2.45. The number of halogens is 3. The van der Waals surface area contributed by atoms with Crippen molar-refractivity contribution < 1.29 is 9.13 Å². The van der Waals surface area contributed by atoms with Crippen LogP contribution < -0.4 is 10.1 Å². The third-order valence-corrected chi connectivity index (χ3v) is 4.04. The molecule has 112 valence electrons. The van der Waals surface area contributed by atoms with Crippen LogP contribution in [-0.4, -0.2) is 14.2 Å². The Balaban J connectivity index is 2.53. The van der Waals surface area contributed by atoms with Crippen molar-refractivity contribution in [3.63, 3.8) is 0 Å². The Hall–Kier alpha value is -1.29. The zero-order chi connectivity index (χ0) is 15.6. The van der Waals surface area contributed by atoms with Crippen molar-refractivity contribution in [2.45, 2.75) is 13.0 Å². The van der Waals surface area contributed by atoms with Crippen molar-refractivity contribution in [3.05, 3.63) is 62.9 Å². The molecule has 1 atom stereocenters. The number of benzene rings is 2. The summed E-state index contributed by atoms with van der Waals surface area (Å²) >= 11 is 12.5. The number of ether oxygens (including phenoxy) is 1. The van der Waals surface area contributed by atoms with E-state index in [4.69, 9.17) is 27.9 Å². The molecule has 2 aromatic carbocycles. The lowest BCUT2D eigenvalue weighted by molar-refractivity contribution is 0.415. The summed E-state index contributed by atoms with van der Waals surface area (Å²) in [5, 5.41) is 4.22. The van der Waals surface area contributed by atoms with Crippen molar-refractivity contribution in [2.24, 2.45) is 0 Å². The van der Waals surface area contributed by atoms with Crippen molar-refractivity contribution in [2.75, 3.05) is 14.2 Å². The Bertz CT molecular complexity index is 661. The maximum Gasteiger partial charge on any atom is 0.138 e. The zero-order valence-corrected chi connectivity index (χ0v) is 13.5. The van der Waals surface area contributed by atoms with Gasteiger partial charge in [0, 0.05) is 11.1 Å². The van der Waals surface area contributed by atoms with E-state index in [0.29, 0.717) is 15.8 Å². The van der Waals surface area contributed by atoms with Gasteiger partial charge >= 0.3 is 0 Å². The molecule has 0 aromatic heterocycles. The Morgan fingerprint density at radius 1 is 1.10 bits per heavy atom. The van der Waals surface area contributed by atoms with Gasteiger partial charge in [-0.05, 0) is 48.9 Å². The highest BCUT2D eigenvalue weighted by molar-refractivity contribution is 6.34. The largest absolute Gasteiger partial charge is 0.495 e. The fourth-order valence-corrected chi connectivity index (χ4v) is 2.88. The molecule has 0 spiro atoms. The maximum atomic E-state index is 13.3. The van der Waals surface area contributed by atoms with Gasteiger partial charge in [0.15, 0.2) is 0 Å². The molecule has 1 N–H and O–H groups in total. The number of methoxy groups -OCH3 is 1. The quantitative estimate of drug-likeness (QED) is 0.874. The predicted molar refractivity (Wildman–Crippen MR) is 85.1 cm³/mol. The molecule has 0 radical (unpaired) electrons. The lowest BCUT2D eigenvalue weighted by Crippen LogP contribution is -2.19. The van der Waals surface area contributed by atoms with E-state index < -0.39 is 0 Å². The summed E-state index contributed by atoms with van der Waals surface area (Å²) in [4.78, 5) is 0. The van der Waals surface area contributed by atoms with E-state index in [9.17, 15) is 4.39 Å². The number of nitrogens with one attached hydrogen (secondary N) is 1. The molecular weight excluding hydrogens is 312 g/mol. The van der Waals surface area contributed by atoms with E-state index in [1.54, 1.807) is 18.2 Å². The van der Waals surface area contributed by atoms with Crippen LogP contribution in [0.5, 0.6) is 5.75 Å². The molecule has 0 aliphatic heterocycles. The van der Waals surface area contributed by atoms with Crippen LogP contribution in [0.3, 0.4) is 0 Å². The Kier molecular flexibility index (Phi) is 5.09. The number of hydrogen-bond acceptors (Lipinski definition) is 2. The topological polar surface area (TPSA) is 21.3 Å². The number of hydrogen-bond donors (Lipinski definition) is 1. The summed E-state index contributed by atoms with van der Waals surface area (Å²) in [6.07, 6.45) is 0. The smallest absolute Gasteiger partial charge is 0.138 e. The van der Waals surface area contributed by atoms with Crippen molar-refractivity contribution in [1.29, 1.82) is 0 Å². The second-order valence-electron chi connectivity index (χ2n) is 4.73. The second kappa shape index (κ2) is 6.65. The summed E-state index contributed by atoms with van der Waals surface area (Å²) in [6.45, 7) is 1.86. The minimum atomic E-state index is -0.259. The molecule has 5 heteroatoms. The van der Waals surface area contributed by atoms with E-state index in [0.717, 1.165) is 16.7 Å². The van der Waals surface area contributed by atoms with E-state index in [1.165, 1.54) is 19.2 Å². The molecule has 1 unspecified atom stereocenters. The van der Waals surface area contributed by atoms with Crippen LogP contribution in [0.2, 0.25) is 10.0 Å². The third kappa shape index (κ3) is 3.31. The van der Waals surface area contributed by atoms with Crippen LogP contribution >= 0.6 is 23.2 Å². The Morgan fingerprint density at radius 3 is 2.38 bits per heavy atom. The van der Waals surface area contributed by atoms with E-state index in [-0.39, 0.29) is 11.9 Å². The van der Waals surface area contributed by atoms with Gasteiger partial charge in [0.25, 0.3) is 0 Å². The molecular formula is C16H16Cl2FNO. The minimum Gasteiger partial charge on any atom is -0.495 e. The summed E-state index contributed by atoms with van der Waals surface area (Å²) in [5.74, 6) is 0.265.